The van der Waals surface area contributed by atoms with Crippen LogP contribution in [0.25, 0.3) is 0 Å². The Morgan fingerprint density at radius 1 is 1.50 bits per heavy atom. The Labute approximate surface area is 129 Å². The molecule has 0 radical (unpaired) electrons. The minimum absolute atomic E-state index is 0.453. The van der Waals surface area contributed by atoms with Gasteiger partial charge in [-0.3, -0.25) is 0 Å². The summed E-state index contributed by atoms with van der Waals surface area (Å²) in [4.78, 5) is 4.26. The highest BCUT2D eigenvalue weighted by atomic mass is 127. The molecule has 3 nitrogen and oxygen atoms in total. The Bertz CT molecular complexity index is 542. The van der Waals surface area contributed by atoms with E-state index in [1.165, 1.54) is 0 Å². The van der Waals surface area contributed by atoms with Gasteiger partial charge in [-0.2, -0.15) is 0 Å². The molecule has 1 unspecified atom stereocenters. The van der Waals surface area contributed by atoms with Crippen LogP contribution in [0.4, 0.5) is 0 Å². The molecule has 0 fully saturated rings. The third-order valence-corrected chi connectivity index (χ3v) is 4.36. The van der Waals surface area contributed by atoms with Crippen molar-refractivity contribution in [3.63, 3.8) is 0 Å². The minimum Gasteiger partial charge on any atom is -0.388 e. The molecule has 0 aliphatic heterocycles. The molecule has 1 heterocycles. The van der Waals surface area contributed by atoms with Gasteiger partial charge in [0, 0.05) is 33.9 Å². The van der Waals surface area contributed by atoms with Gasteiger partial charge >= 0.3 is 0 Å². The van der Waals surface area contributed by atoms with Crippen LogP contribution in [0.3, 0.4) is 0 Å². The first-order valence-corrected chi connectivity index (χ1v) is 7.54. The second-order valence-electron chi connectivity index (χ2n) is 4.17. The Hall–Kier alpha value is -0.400. The van der Waals surface area contributed by atoms with E-state index in [1.54, 1.807) is 6.20 Å². The number of aromatic nitrogens is 2. The Balaban J connectivity index is 2.06. The molecule has 2 aromatic rings. The standard InChI is InChI=1S/C13H14BrIN2O/c1-17-7-6-16-13(17)5-4-12(18)10-8-9(14)2-3-11(10)15/h2-3,6-8,12,18H,4-5H2,1H3. The zero-order chi connectivity index (χ0) is 13.1. The minimum atomic E-state index is -0.453. The summed E-state index contributed by atoms with van der Waals surface area (Å²) in [6.45, 7) is 0. The molecule has 5 heteroatoms. The summed E-state index contributed by atoms with van der Waals surface area (Å²) >= 11 is 5.69. The molecule has 1 atom stereocenters. The molecule has 1 aromatic heterocycles. The summed E-state index contributed by atoms with van der Waals surface area (Å²) in [6, 6.07) is 5.96. The summed E-state index contributed by atoms with van der Waals surface area (Å²) in [7, 11) is 1.97. The molecule has 0 spiro atoms. The molecule has 0 bridgehead atoms. The summed E-state index contributed by atoms with van der Waals surface area (Å²) in [5.74, 6) is 0.999. The maximum Gasteiger partial charge on any atom is 0.108 e. The van der Waals surface area contributed by atoms with Crippen molar-refractivity contribution >= 4 is 38.5 Å². The highest BCUT2D eigenvalue weighted by molar-refractivity contribution is 14.1. The second kappa shape index (κ2) is 6.16. The van der Waals surface area contributed by atoms with Gasteiger partial charge in [-0.15, -0.1) is 0 Å². The van der Waals surface area contributed by atoms with Crippen LogP contribution in [-0.4, -0.2) is 14.7 Å². The average Bonchev–Trinajstić information content (AvgIpc) is 2.75. The third kappa shape index (κ3) is 3.33. The van der Waals surface area contributed by atoms with Crippen LogP contribution in [0.15, 0.2) is 35.1 Å². The van der Waals surface area contributed by atoms with E-state index < -0.39 is 6.10 Å². The normalized spacial score (nSPS) is 12.7. The van der Waals surface area contributed by atoms with Gasteiger partial charge in [0.05, 0.1) is 6.10 Å². The molecular formula is C13H14BrIN2O. The highest BCUT2D eigenvalue weighted by Gasteiger charge is 2.13. The first-order valence-electron chi connectivity index (χ1n) is 5.67. The van der Waals surface area contributed by atoms with Gasteiger partial charge in [0.1, 0.15) is 5.82 Å². The number of benzene rings is 1. The van der Waals surface area contributed by atoms with Crippen molar-refractivity contribution in [2.75, 3.05) is 0 Å². The third-order valence-electron chi connectivity index (χ3n) is 2.88. The van der Waals surface area contributed by atoms with E-state index in [-0.39, 0.29) is 0 Å². The molecule has 18 heavy (non-hydrogen) atoms. The van der Waals surface area contributed by atoms with Gasteiger partial charge in [-0.25, -0.2) is 4.98 Å². The van der Waals surface area contributed by atoms with Gasteiger partial charge < -0.3 is 9.67 Å². The van der Waals surface area contributed by atoms with Crippen LogP contribution in [0.2, 0.25) is 0 Å². The molecule has 0 amide bonds. The Morgan fingerprint density at radius 3 is 2.94 bits per heavy atom. The average molecular weight is 421 g/mol. The molecular weight excluding hydrogens is 407 g/mol. The van der Waals surface area contributed by atoms with E-state index >= 15 is 0 Å². The number of hydrogen-bond acceptors (Lipinski definition) is 2. The fourth-order valence-corrected chi connectivity index (χ4v) is 2.90. The molecule has 1 aromatic carbocycles. The van der Waals surface area contributed by atoms with Crippen LogP contribution in [0.1, 0.15) is 23.9 Å². The number of hydrogen-bond donors (Lipinski definition) is 1. The fourth-order valence-electron chi connectivity index (χ4n) is 1.83. The number of imidazole rings is 1. The van der Waals surface area contributed by atoms with E-state index in [9.17, 15) is 5.11 Å². The predicted molar refractivity (Wildman–Crippen MR) is 83.3 cm³/mol. The summed E-state index contributed by atoms with van der Waals surface area (Å²) in [5.41, 5.74) is 0.971. The van der Waals surface area contributed by atoms with Crippen molar-refractivity contribution in [1.82, 2.24) is 9.55 Å². The monoisotopic (exact) mass is 420 g/mol. The Morgan fingerprint density at radius 2 is 2.28 bits per heavy atom. The first kappa shape index (κ1) is 14.0. The van der Waals surface area contributed by atoms with Crippen LogP contribution in [0, 0.1) is 3.57 Å². The molecule has 0 aliphatic rings. The maximum atomic E-state index is 10.3. The maximum absolute atomic E-state index is 10.3. The van der Waals surface area contributed by atoms with Crippen LogP contribution < -0.4 is 0 Å². The van der Waals surface area contributed by atoms with Gasteiger partial charge in [-0.05, 0) is 52.8 Å². The van der Waals surface area contributed by atoms with Gasteiger partial charge in [-0.1, -0.05) is 15.9 Å². The van der Waals surface area contributed by atoms with Crippen LogP contribution in [-0.2, 0) is 13.5 Å². The smallest absolute Gasteiger partial charge is 0.108 e. The van der Waals surface area contributed by atoms with Crippen molar-refractivity contribution in [2.45, 2.75) is 18.9 Å². The van der Waals surface area contributed by atoms with E-state index in [2.05, 4.69) is 43.5 Å². The van der Waals surface area contributed by atoms with E-state index in [1.807, 2.05) is 36.0 Å². The SMILES string of the molecule is Cn1ccnc1CCC(O)c1cc(Br)ccc1I. The number of aliphatic hydroxyl groups excluding tert-OH is 1. The number of aryl methyl sites for hydroxylation is 2. The molecule has 0 saturated heterocycles. The van der Waals surface area contributed by atoms with E-state index in [0.29, 0.717) is 6.42 Å². The van der Waals surface area contributed by atoms with Crippen molar-refractivity contribution in [2.24, 2.45) is 7.05 Å². The summed E-state index contributed by atoms with van der Waals surface area (Å²) < 4.78 is 4.07. The summed E-state index contributed by atoms with van der Waals surface area (Å²) in [6.07, 6.45) is 4.70. The molecule has 0 aliphatic carbocycles. The number of nitrogens with zero attached hydrogens (tertiary/aromatic N) is 2. The zero-order valence-corrected chi connectivity index (χ0v) is 13.7. The fraction of sp³-hybridized carbons (Fsp3) is 0.308. The van der Waals surface area contributed by atoms with Crippen LogP contribution in [0.5, 0.6) is 0 Å². The number of aliphatic hydroxyl groups is 1. The topological polar surface area (TPSA) is 38.0 Å². The van der Waals surface area contributed by atoms with Crippen molar-refractivity contribution < 1.29 is 5.11 Å². The van der Waals surface area contributed by atoms with Crippen molar-refractivity contribution in [3.8, 4) is 0 Å². The highest BCUT2D eigenvalue weighted by Crippen LogP contribution is 2.26. The molecule has 1 N–H and O–H groups in total. The van der Waals surface area contributed by atoms with Gasteiger partial charge in [0.2, 0.25) is 0 Å². The lowest BCUT2D eigenvalue weighted by Crippen LogP contribution is -2.05. The number of rotatable bonds is 4. The van der Waals surface area contributed by atoms with E-state index in [4.69, 9.17) is 0 Å². The molecule has 0 saturated carbocycles. The lowest BCUT2D eigenvalue weighted by molar-refractivity contribution is 0.166. The summed E-state index contributed by atoms with van der Waals surface area (Å²) in [5, 5.41) is 10.3. The van der Waals surface area contributed by atoms with Crippen LogP contribution >= 0.6 is 38.5 Å². The van der Waals surface area contributed by atoms with Gasteiger partial charge in [0.25, 0.3) is 0 Å². The van der Waals surface area contributed by atoms with Crippen molar-refractivity contribution in [1.29, 1.82) is 0 Å². The lowest BCUT2D eigenvalue weighted by atomic mass is 10.0. The Kier molecular flexibility index (Phi) is 4.80. The lowest BCUT2D eigenvalue weighted by Gasteiger charge is -2.13. The molecule has 96 valence electrons. The quantitative estimate of drug-likeness (QED) is 0.769. The molecule has 2 rings (SSSR count). The largest absolute Gasteiger partial charge is 0.388 e. The van der Waals surface area contributed by atoms with Crippen molar-refractivity contribution in [3.05, 3.63) is 50.0 Å². The van der Waals surface area contributed by atoms with E-state index in [0.717, 1.165) is 25.9 Å². The second-order valence-corrected chi connectivity index (χ2v) is 6.25. The zero-order valence-electron chi connectivity index (χ0n) is 9.98. The number of halogens is 2. The predicted octanol–water partition coefficient (Wildman–Crippen LogP) is 3.45. The van der Waals surface area contributed by atoms with Gasteiger partial charge in [0.15, 0.2) is 0 Å². The first-order chi connectivity index (χ1) is 8.58.